The molecule has 0 radical (unpaired) electrons. The zero-order chi connectivity index (χ0) is 20.9. The maximum Gasteiger partial charge on any atom is 0.490 e. The molecule has 3 unspecified atom stereocenters. The van der Waals surface area contributed by atoms with Gasteiger partial charge in [0, 0.05) is 11.5 Å². The lowest BCUT2D eigenvalue weighted by molar-refractivity contribution is -0.204. The zero-order valence-electron chi connectivity index (χ0n) is 14.3. The number of esters is 1. The summed E-state index contributed by atoms with van der Waals surface area (Å²) in [6.07, 6.45) is -8.24. The van der Waals surface area contributed by atoms with Crippen LogP contribution in [0.5, 0.6) is 5.75 Å². The summed E-state index contributed by atoms with van der Waals surface area (Å²) < 4.78 is 47.0. The molecular weight excluding hydrogens is 397 g/mol. The standard InChI is InChI=1S/C18H11F3N2O6/c19-18(20,21)17(27)29-13-9(6-11(25)14-15(13)28-14)23-16(26)12-10(24)5-7-3-1-2-4-8(7)22-12/h1-6,13-15,24H,(H,23,26). The minimum atomic E-state index is -5.26. The van der Waals surface area contributed by atoms with Crippen LogP contribution in [0.25, 0.3) is 10.9 Å². The zero-order valence-corrected chi connectivity index (χ0v) is 14.3. The number of ether oxygens (including phenoxy) is 2. The van der Waals surface area contributed by atoms with E-state index in [-0.39, 0.29) is 0 Å². The van der Waals surface area contributed by atoms with Crippen molar-refractivity contribution in [2.24, 2.45) is 0 Å². The maximum atomic E-state index is 12.5. The van der Waals surface area contributed by atoms with Crippen LogP contribution in [0.3, 0.4) is 0 Å². The van der Waals surface area contributed by atoms with Crippen LogP contribution in [0.1, 0.15) is 10.5 Å². The Hall–Kier alpha value is -3.47. The highest BCUT2D eigenvalue weighted by molar-refractivity contribution is 6.02. The van der Waals surface area contributed by atoms with Gasteiger partial charge in [-0.1, -0.05) is 18.2 Å². The van der Waals surface area contributed by atoms with Crippen molar-refractivity contribution in [3.63, 3.8) is 0 Å². The summed E-state index contributed by atoms with van der Waals surface area (Å²) in [5.41, 5.74) is -0.433. The SMILES string of the molecule is O=C(NC1=CC(=O)C2OC2C1OC(=O)C(F)(F)F)c1nc2ccccc2cc1O. The first-order chi connectivity index (χ1) is 13.6. The van der Waals surface area contributed by atoms with Gasteiger partial charge in [-0.2, -0.15) is 13.2 Å². The lowest BCUT2D eigenvalue weighted by Gasteiger charge is -2.22. The molecule has 150 valence electrons. The number of hydrogen-bond acceptors (Lipinski definition) is 7. The molecule has 2 aliphatic rings. The molecule has 1 aromatic carbocycles. The molecule has 2 aromatic rings. The van der Waals surface area contributed by atoms with Crippen LogP contribution >= 0.6 is 0 Å². The normalized spacial score (nSPS) is 23.2. The minimum absolute atomic E-state index is 0.384. The third kappa shape index (κ3) is 3.51. The van der Waals surface area contributed by atoms with Gasteiger partial charge in [0.15, 0.2) is 23.7 Å². The van der Waals surface area contributed by atoms with E-state index in [0.29, 0.717) is 10.9 Å². The molecule has 11 heteroatoms. The molecule has 0 spiro atoms. The molecule has 3 atom stereocenters. The molecular formula is C18H11F3N2O6. The second kappa shape index (κ2) is 6.55. The predicted octanol–water partition coefficient (Wildman–Crippen LogP) is 1.38. The summed E-state index contributed by atoms with van der Waals surface area (Å²) in [6.45, 7) is 0. The Morgan fingerprint density at radius 1 is 1.24 bits per heavy atom. The number of carbonyl (C=O) groups excluding carboxylic acids is 3. The molecule has 4 rings (SSSR count). The average Bonchev–Trinajstić information content (AvgIpc) is 3.44. The van der Waals surface area contributed by atoms with Crippen molar-refractivity contribution in [3.8, 4) is 5.75 Å². The van der Waals surface area contributed by atoms with E-state index in [4.69, 9.17) is 4.74 Å². The number of benzene rings is 1. The molecule has 1 aliphatic carbocycles. The molecule has 0 saturated carbocycles. The van der Waals surface area contributed by atoms with Gasteiger partial charge in [-0.25, -0.2) is 9.78 Å². The molecule has 1 saturated heterocycles. The molecule has 29 heavy (non-hydrogen) atoms. The van der Waals surface area contributed by atoms with E-state index in [1.807, 2.05) is 0 Å². The number of carbonyl (C=O) groups is 3. The monoisotopic (exact) mass is 408 g/mol. The number of fused-ring (bicyclic) bond motifs is 2. The fourth-order valence-electron chi connectivity index (χ4n) is 2.96. The highest BCUT2D eigenvalue weighted by atomic mass is 19.4. The number of aromatic nitrogens is 1. The van der Waals surface area contributed by atoms with Crippen molar-refractivity contribution in [2.45, 2.75) is 24.5 Å². The number of nitrogens with zero attached hydrogens (tertiary/aromatic N) is 1. The average molecular weight is 408 g/mol. The van der Waals surface area contributed by atoms with Crippen LogP contribution in [0, 0.1) is 0 Å². The Balaban J connectivity index is 1.61. The van der Waals surface area contributed by atoms with Gasteiger partial charge in [-0.05, 0) is 12.1 Å². The van der Waals surface area contributed by atoms with Crippen LogP contribution in [-0.2, 0) is 19.1 Å². The number of rotatable bonds is 3. The Bertz CT molecular complexity index is 1080. The van der Waals surface area contributed by atoms with Crippen molar-refractivity contribution in [3.05, 3.63) is 47.8 Å². The number of para-hydroxylation sites is 1. The van der Waals surface area contributed by atoms with Crippen molar-refractivity contribution in [2.75, 3.05) is 0 Å². The lowest BCUT2D eigenvalue weighted by Crippen LogP contribution is -2.42. The van der Waals surface area contributed by atoms with E-state index in [1.54, 1.807) is 24.3 Å². The number of epoxide rings is 1. The van der Waals surface area contributed by atoms with E-state index in [1.165, 1.54) is 6.07 Å². The first-order valence-electron chi connectivity index (χ1n) is 8.24. The van der Waals surface area contributed by atoms with Crippen molar-refractivity contribution >= 4 is 28.6 Å². The fraction of sp³-hybridized carbons (Fsp3) is 0.222. The van der Waals surface area contributed by atoms with Gasteiger partial charge in [-0.15, -0.1) is 0 Å². The fourth-order valence-corrected chi connectivity index (χ4v) is 2.96. The van der Waals surface area contributed by atoms with E-state index >= 15 is 0 Å². The predicted molar refractivity (Wildman–Crippen MR) is 88.6 cm³/mol. The maximum absolute atomic E-state index is 12.5. The third-order valence-corrected chi connectivity index (χ3v) is 4.35. The largest absolute Gasteiger partial charge is 0.505 e. The topological polar surface area (TPSA) is 118 Å². The Morgan fingerprint density at radius 2 is 1.97 bits per heavy atom. The van der Waals surface area contributed by atoms with Gasteiger partial charge in [0.1, 0.15) is 11.9 Å². The van der Waals surface area contributed by atoms with E-state index in [2.05, 4.69) is 15.0 Å². The van der Waals surface area contributed by atoms with E-state index in [9.17, 15) is 32.7 Å². The van der Waals surface area contributed by atoms with Crippen molar-refractivity contribution in [1.29, 1.82) is 0 Å². The summed E-state index contributed by atoms with van der Waals surface area (Å²) in [6, 6.07) is 7.90. The Kier molecular flexibility index (Phi) is 4.26. The van der Waals surface area contributed by atoms with Gasteiger partial charge in [-0.3, -0.25) is 9.59 Å². The summed E-state index contributed by atoms with van der Waals surface area (Å²) >= 11 is 0. The highest BCUT2D eigenvalue weighted by Gasteiger charge is 2.57. The number of nitrogens with one attached hydrogen (secondary N) is 1. The highest BCUT2D eigenvalue weighted by Crippen LogP contribution is 2.37. The molecule has 1 amide bonds. The van der Waals surface area contributed by atoms with E-state index < -0.39 is 59.3 Å². The number of hydrogen-bond donors (Lipinski definition) is 2. The first-order valence-corrected chi connectivity index (χ1v) is 8.24. The van der Waals surface area contributed by atoms with E-state index in [0.717, 1.165) is 6.08 Å². The molecule has 1 aromatic heterocycles. The van der Waals surface area contributed by atoms with Gasteiger partial charge in [0.25, 0.3) is 5.91 Å². The van der Waals surface area contributed by atoms with Gasteiger partial charge < -0.3 is 19.9 Å². The molecule has 8 nitrogen and oxygen atoms in total. The number of amides is 1. The lowest BCUT2D eigenvalue weighted by atomic mass is 10.00. The van der Waals surface area contributed by atoms with Crippen molar-refractivity contribution < 1.29 is 42.1 Å². The van der Waals surface area contributed by atoms with Gasteiger partial charge in [0.05, 0.1) is 11.2 Å². The molecule has 2 heterocycles. The quantitative estimate of drug-likeness (QED) is 0.582. The summed E-state index contributed by atoms with van der Waals surface area (Å²) in [5.74, 6) is -4.56. The van der Waals surface area contributed by atoms with Crippen LogP contribution in [-0.4, -0.2) is 52.2 Å². The molecule has 1 aliphatic heterocycles. The number of ketones is 1. The van der Waals surface area contributed by atoms with Crippen LogP contribution in [0.4, 0.5) is 13.2 Å². The second-order valence-corrected chi connectivity index (χ2v) is 6.35. The smallest absolute Gasteiger partial charge is 0.490 e. The van der Waals surface area contributed by atoms with Gasteiger partial charge >= 0.3 is 12.1 Å². The molecule has 0 bridgehead atoms. The number of alkyl halides is 3. The summed E-state index contributed by atoms with van der Waals surface area (Å²) in [4.78, 5) is 39.6. The molecule has 2 N–H and O–H groups in total. The minimum Gasteiger partial charge on any atom is -0.505 e. The number of halogens is 3. The Labute approximate surface area is 159 Å². The summed E-state index contributed by atoms with van der Waals surface area (Å²) in [7, 11) is 0. The van der Waals surface area contributed by atoms with Crippen LogP contribution in [0.15, 0.2) is 42.1 Å². The Morgan fingerprint density at radius 3 is 2.69 bits per heavy atom. The second-order valence-electron chi connectivity index (χ2n) is 6.35. The van der Waals surface area contributed by atoms with Crippen LogP contribution < -0.4 is 5.32 Å². The number of aromatic hydroxyl groups is 1. The first kappa shape index (κ1) is 18.9. The molecule has 1 fully saturated rings. The third-order valence-electron chi connectivity index (χ3n) is 4.35. The summed E-state index contributed by atoms with van der Waals surface area (Å²) in [5, 5.41) is 12.8. The number of pyridine rings is 1. The van der Waals surface area contributed by atoms with Crippen molar-refractivity contribution in [1.82, 2.24) is 10.3 Å². The van der Waals surface area contributed by atoms with Crippen LogP contribution in [0.2, 0.25) is 0 Å². The van der Waals surface area contributed by atoms with Gasteiger partial charge in [0.2, 0.25) is 0 Å².